The molecule has 1 atom stereocenters. The zero-order chi connectivity index (χ0) is 12.4. The molecule has 1 heterocycles. The highest BCUT2D eigenvalue weighted by Gasteiger charge is 2.17. The second-order valence-electron chi connectivity index (χ2n) is 3.47. The molecule has 5 heteroatoms. The average Bonchev–Trinajstić information content (AvgIpc) is 2.29. The van der Waals surface area contributed by atoms with E-state index in [0.717, 1.165) is 6.20 Å². The monoisotopic (exact) mass is 299 g/mol. The third kappa shape index (κ3) is 2.50. The van der Waals surface area contributed by atoms with Crippen molar-refractivity contribution >= 4 is 15.9 Å². The molecule has 2 nitrogen and oxygen atoms in total. The number of benzene rings is 1. The number of pyridine rings is 1. The third-order valence-corrected chi connectivity index (χ3v) is 3.04. The number of halogens is 3. The van der Waals surface area contributed by atoms with Crippen LogP contribution in [-0.4, -0.2) is 10.1 Å². The number of hydrogen-bond donors (Lipinski definition) is 1. The van der Waals surface area contributed by atoms with Crippen molar-refractivity contribution < 1.29 is 13.9 Å². The van der Waals surface area contributed by atoms with Gasteiger partial charge < -0.3 is 5.11 Å². The van der Waals surface area contributed by atoms with Crippen molar-refractivity contribution in [2.24, 2.45) is 0 Å². The van der Waals surface area contributed by atoms with Gasteiger partial charge in [-0.15, -0.1) is 0 Å². The molecule has 0 aliphatic carbocycles. The first-order valence-corrected chi connectivity index (χ1v) is 5.61. The molecule has 1 unspecified atom stereocenters. The van der Waals surface area contributed by atoms with Gasteiger partial charge in [0.15, 0.2) is 0 Å². The van der Waals surface area contributed by atoms with Crippen molar-refractivity contribution in [1.82, 2.24) is 4.98 Å². The Morgan fingerprint density at radius 3 is 2.59 bits per heavy atom. The van der Waals surface area contributed by atoms with Crippen LogP contribution < -0.4 is 0 Å². The minimum atomic E-state index is -1.16. The molecule has 0 radical (unpaired) electrons. The van der Waals surface area contributed by atoms with Gasteiger partial charge in [-0.2, -0.15) is 0 Å². The standard InChI is InChI=1S/C12H8BrF2NO/c13-10-5-7(14)1-2-8(10)12(17)9-3-4-16-6-11(9)15/h1-6,12,17H. The lowest BCUT2D eigenvalue weighted by Gasteiger charge is -2.13. The van der Waals surface area contributed by atoms with Crippen LogP contribution in [-0.2, 0) is 0 Å². The summed E-state index contributed by atoms with van der Waals surface area (Å²) in [4.78, 5) is 3.60. The average molecular weight is 300 g/mol. The predicted molar refractivity (Wildman–Crippen MR) is 62.4 cm³/mol. The molecule has 0 bridgehead atoms. The molecule has 0 fully saturated rings. The highest BCUT2D eigenvalue weighted by atomic mass is 79.9. The largest absolute Gasteiger partial charge is 0.384 e. The number of rotatable bonds is 2. The van der Waals surface area contributed by atoms with Crippen LogP contribution in [0.1, 0.15) is 17.2 Å². The molecule has 2 aromatic rings. The Kier molecular flexibility index (Phi) is 3.49. The second kappa shape index (κ2) is 4.89. The Balaban J connectivity index is 2.44. The fourth-order valence-electron chi connectivity index (χ4n) is 1.50. The molecule has 0 spiro atoms. The lowest BCUT2D eigenvalue weighted by atomic mass is 10.0. The van der Waals surface area contributed by atoms with Crippen LogP contribution in [0.25, 0.3) is 0 Å². The van der Waals surface area contributed by atoms with E-state index in [1.807, 2.05) is 0 Å². The molecule has 17 heavy (non-hydrogen) atoms. The van der Waals surface area contributed by atoms with E-state index in [-0.39, 0.29) is 5.56 Å². The molecule has 0 aliphatic rings. The fraction of sp³-hybridized carbons (Fsp3) is 0.0833. The number of aliphatic hydroxyl groups excluding tert-OH is 1. The lowest BCUT2D eigenvalue weighted by molar-refractivity contribution is 0.214. The zero-order valence-corrected chi connectivity index (χ0v) is 10.2. The van der Waals surface area contributed by atoms with Gasteiger partial charge in [0.1, 0.15) is 17.7 Å². The second-order valence-corrected chi connectivity index (χ2v) is 4.32. The van der Waals surface area contributed by atoms with Crippen LogP contribution in [0.5, 0.6) is 0 Å². The predicted octanol–water partition coefficient (Wildman–Crippen LogP) is 3.20. The molecule has 1 N–H and O–H groups in total. The fourth-order valence-corrected chi connectivity index (χ4v) is 2.07. The van der Waals surface area contributed by atoms with Crippen LogP contribution in [0.3, 0.4) is 0 Å². The first-order valence-electron chi connectivity index (χ1n) is 4.82. The number of aromatic nitrogens is 1. The molecule has 1 aromatic carbocycles. The molecule has 88 valence electrons. The van der Waals surface area contributed by atoms with Crippen LogP contribution in [0.2, 0.25) is 0 Å². The summed E-state index contributed by atoms with van der Waals surface area (Å²) in [7, 11) is 0. The summed E-state index contributed by atoms with van der Waals surface area (Å²) in [6.45, 7) is 0. The molecule has 0 saturated carbocycles. The van der Waals surface area contributed by atoms with Gasteiger partial charge >= 0.3 is 0 Å². The maximum atomic E-state index is 13.4. The van der Waals surface area contributed by atoms with E-state index < -0.39 is 17.7 Å². The van der Waals surface area contributed by atoms with Gasteiger partial charge in [0, 0.05) is 16.2 Å². The molecule has 2 rings (SSSR count). The normalized spacial score (nSPS) is 12.5. The van der Waals surface area contributed by atoms with E-state index in [2.05, 4.69) is 20.9 Å². The molecular weight excluding hydrogens is 292 g/mol. The Hall–Kier alpha value is -1.33. The Morgan fingerprint density at radius 1 is 1.18 bits per heavy atom. The van der Waals surface area contributed by atoms with Gasteiger partial charge in [-0.05, 0) is 23.8 Å². The maximum Gasteiger partial charge on any atom is 0.147 e. The van der Waals surface area contributed by atoms with Gasteiger partial charge in [-0.25, -0.2) is 8.78 Å². The first kappa shape index (κ1) is 12.1. The van der Waals surface area contributed by atoms with Gasteiger partial charge in [-0.1, -0.05) is 22.0 Å². The van der Waals surface area contributed by atoms with E-state index >= 15 is 0 Å². The van der Waals surface area contributed by atoms with Crippen LogP contribution in [0.15, 0.2) is 41.1 Å². The Morgan fingerprint density at radius 2 is 1.94 bits per heavy atom. The van der Waals surface area contributed by atoms with Gasteiger partial charge in [0.25, 0.3) is 0 Å². The summed E-state index contributed by atoms with van der Waals surface area (Å²) in [6, 6.07) is 5.22. The molecule has 0 aliphatic heterocycles. The summed E-state index contributed by atoms with van der Waals surface area (Å²) in [5, 5.41) is 10.0. The van der Waals surface area contributed by atoms with Crippen molar-refractivity contribution in [3.05, 3.63) is 63.9 Å². The summed E-state index contributed by atoms with van der Waals surface area (Å²) in [6.07, 6.45) is 1.25. The summed E-state index contributed by atoms with van der Waals surface area (Å²) in [5.74, 6) is -1.03. The Labute approximate surface area is 105 Å². The molecule has 0 saturated heterocycles. The number of aliphatic hydroxyl groups is 1. The van der Waals surface area contributed by atoms with Crippen molar-refractivity contribution in [3.8, 4) is 0 Å². The summed E-state index contributed by atoms with van der Waals surface area (Å²) in [5.41, 5.74) is 0.504. The SMILES string of the molecule is OC(c1ccncc1F)c1ccc(F)cc1Br. The maximum absolute atomic E-state index is 13.4. The van der Waals surface area contributed by atoms with E-state index in [0.29, 0.717) is 10.0 Å². The smallest absolute Gasteiger partial charge is 0.147 e. The highest BCUT2D eigenvalue weighted by molar-refractivity contribution is 9.10. The van der Waals surface area contributed by atoms with Crippen molar-refractivity contribution in [2.45, 2.75) is 6.10 Å². The number of nitrogens with zero attached hydrogens (tertiary/aromatic N) is 1. The third-order valence-electron chi connectivity index (χ3n) is 2.36. The van der Waals surface area contributed by atoms with Crippen molar-refractivity contribution in [3.63, 3.8) is 0 Å². The first-order chi connectivity index (χ1) is 8.09. The topological polar surface area (TPSA) is 33.1 Å². The van der Waals surface area contributed by atoms with Gasteiger partial charge in [0.2, 0.25) is 0 Å². The lowest BCUT2D eigenvalue weighted by Crippen LogP contribution is -2.04. The zero-order valence-electron chi connectivity index (χ0n) is 8.57. The van der Waals surface area contributed by atoms with Crippen LogP contribution in [0, 0.1) is 11.6 Å². The van der Waals surface area contributed by atoms with Crippen LogP contribution >= 0.6 is 15.9 Å². The minimum absolute atomic E-state index is 0.104. The van der Waals surface area contributed by atoms with E-state index in [1.54, 1.807) is 0 Å². The van der Waals surface area contributed by atoms with Gasteiger partial charge in [0.05, 0.1) is 6.20 Å². The quantitative estimate of drug-likeness (QED) is 0.924. The van der Waals surface area contributed by atoms with E-state index in [9.17, 15) is 13.9 Å². The highest BCUT2D eigenvalue weighted by Crippen LogP contribution is 2.29. The molecular formula is C12H8BrF2NO. The minimum Gasteiger partial charge on any atom is -0.384 e. The van der Waals surface area contributed by atoms with Gasteiger partial charge in [-0.3, -0.25) is 4.98 Å². The van der Waals surface area contributed by atoms with Crippen molar-refractivity contribution in [2.75, 3.05) is 0 Å². The molecule has 0 amide bonds. The van der Waals surface area contributed by atoms with E-state index in [1.165, 1.54) is 30.5 Å². The Bertz CT molecular complexity index is 548. The summed E-state index contributed by atoms with van der Waals surface area (Å²) < 4.78 is 26.7. The van der Waals surface area contributed by atoms with Crippen molar-refractivity contribution in [1.29, 1.82) is 0 Å². The van der Waals surface area contributed by atoms with E-state index in [4.69, 9.17) is 0 Å². The summed E-state index contributed by atoms with van der Waals surface area (Å²) >= 11 is 3.13. The molecule has 1 aromatic heterocycles. The number of hydrogen-bond acceptors (Lipinski definition) is 2. The van der Waals surface area contributed by atoms with Crippen LogP contribution in [0.4, 0.5) is 8.78 Å².